The summed E-state index contributed by atoms with van der Waals surface area (Å²) in [5.41, 5.74) is 0.530. The van der Waals surface area contributed by atoms with E-state index in [1.165, 1.54) is 27.4 Å². The van der Waals surface area contributed by atoms with E-state index in [9.17, 15) is 19.2 Å². The fraction of sp³-hybridized carbons (Fsp3) is 0.522. The molecule has 0 aliphatic carbocycles. The summed E-state index contributed by atoms with van der Waals surface area (Å²) in [5.74, 6) is -1.73. The molecule has 35 heavy (non-hydrogen) atoms. The number of methoxy groups -OCH3 is 2. The minimum absolute atomic E-state index is 0.356. The molecule has 0 bridgehead atoms. The SMILES string of the molecule is COc1ccc(C=N[C@H]2[C@H](OC(C)=O)O[C@H](COC(C)=O)[C@@H](OC(C)=O)[C@@H]2OC(C)=O)c(OC)c1. The summed E-state index contributed by atoms with van der Waals surface area (Å²) in [6.45, 7) is 4.32. The number of esters is 4. The van der Waals surface area contributed by atoms with Crippen molar-refractivity contribution < 1.29 is 52.3 Å². The highest BCUT2D eigenvalue weighted by Gasteiger charge is 2.51. The van der Waals surface area contributed by atoms with E-state index >= 15 is 0 Å². The second kappa shape index (κ2) is 12.7. The van der Waals surface area contributed by atoms with E-state index in [0.717, 1.165) is 20.8 Å². The van der Waals surface area contributed by atoms with Crippen molar-refractivity contribution in [2.24, 2.45) is 4.99 Å². The van der Waals surface area contributed by atoms with Gasteiger partial charge in [-0.05, 0) is 12.1 Å². The van der Waals surface area contributed by atoms with Gasteiger partial charge in [0.25, 0.3) is 0 Å². The highest BCUT2D eigenvalue weighted by Crippen LogP contribution is 2.30. The summed E-state index contributed by atoms with van der Waals surface area (Å²) in [6.07, 6.45) is -3.52. The molecule has 1 fully saturated rings. The zero-order chi connectivity index (χ0) is 26.1. The zero-order valence-electron chi connectivity index (χ0n) is 20.3. The summed E-state index contributed by atoms with van der Waals surface area (Å²) in [5, 5.41) is 0. The molecule has 12 nitrogen and oxygen atoms in total. The molecule has 1 aromatic rings. The molecule has 1 aromatic carbocycles. The summed E-state index contributed by atoms with van der Waals surface area (Å²) in [6, 6.07) is 3.86. The Morgan fingerprint density at radius 3 is 2.06 bits per heavy atom. The third-order valence-corrected chi connectivity index (χ3v) is 4.78. The van der Waals surface area contributed by atoms with Gasteiger partial charge in [-0.15, -0.1) is 0 Å². The zero-order valence-corrected chi connectivity index (χ0v) is 20.3. The monoisotopic (exact) mass is 495 g/mol. The highest BCUT2D eigenvalue weighted by molar-refractivity contribution is 5.84. The number of rotatable bonds is 9. The second-order valence-corrected chi connectivity index (χ2v) is 7.48. The van der Waals surface area contributed by atoms with E-state index in [1.807, 2.05) is 0 Å². The topological polar surface area (TPSA) is 145 Å². The molecule has 2 rings (SSSR count). The van der Waals surface area contributed by atoms with Crippen LogP contribution in [0.3, 0.4) is 0 Å². The Morgan fingerprint density at radius 2 is 1.51 bits per heavy atom. The summed E-state index contributed by atoms with van der Waals surface area (Å²) < 4.78 is 37.5. The average Bonchev–Trinajstić information content (AvgIpc) is 2.78. The van der Waals surface area contributed by atoms with Gasteiger partial charge in [0.1, 0.15) is 24.2 Å². The molecule has 0 spiro atoms. The Bertz CT molecular complexity index is 961. The van der Waals surface area contributed by atoms with Gasteiger partial charge in [0.2, 0.25) is 6.29 Å². The first-order valence-corrected chi connectivity index (χ1v) is 10.6. The van der Waals surface area contributed by atoms with Gasteiger partial charge in [-0.2, -0.15) is 0 Å². The van der Waals surface area contributed by atoms with Gasteiger partial charge in [-0.1, -0.05) is 0 Å². The van der Waals surface area contributed by atoms with E-state index in [1.54, 1.807) is 18.2 Å². The number of carbonyl (C=O) groups is 4. The van der Waals surface area contributed by atoms with Gasteiger partial charge in [-0.25, -0.2) is 0 Å². The standard InChI is InChI=1S/C23H29NO11/c1-12(25)31-11-19-21(32-13(2)26)22(33-14(3)27)20(23(35-19)34-15(4)28)24-10-16-7-8-17(29-5)9-18(16)30-6/h7-10,19-23H,11H2,1-6H3/t19-,20-,21-,22-,23-/m1/s1. The van der Waals surface area contributed by atoms with Gasteiger partial charge >= 0.3 is 23.9 Å². The van der Waals surface area contributed by atoms with Gasteiger partial charge in [0, 0.05) is 45.5 Å². The molecule has 1 saturated heterocycles. The van der Waals surface area contributed by atoms with Crippen LogP contribution in [0.2, 0.25) is 0 Å². The van der Waals surface area contributed by atoms with E-state index in [0.29, 0.717) is 17.1 Å². The molecule has 0 unspecified atom stereocenters. The summed E-state index contributed by atoms with van der Waals surface area (Å²) in [4.78, 5) is 51.4. The Balaban J connectivity index is 2.52. The first kappa shape index (κ1) is 27.6. The molecule has 1 heterocycles. The highest BCUT2D eigenvalue weighted by atomic mass is 16.7. The molecule has 5 atom stereocenters. The Hall–Kier alpha value is -3.67. The fourth-order valence-electron chi connectivity index (χ4n) is 3.40. The van der Waals surface area contributed by atoms with Crippen molar-refractivity contribution in [1.29, 1.82) is 0 Å². The maximum Gasteiger partial charge on any atom is 0.305 e. The molecule has 0 N–H and O–H groups in total. The molecule has 0 amide bonds. The molecular weight excluding hydrogens is 466 g/mol. The lowest BCUT2D eigenvalue weighted by Crippen LogP contribution is -2.61. The average molecular weight is 495 g/mol. The number of benzene rings is 1. The van der Waals surface area contributed by atoms with Crippen LogP contribution in [0, 0.1) is 0 Å². The normalized spacial score (nSPS) is 23.8. The molecule has 12 heteroatoms. The molecule has 1 aliphatic heterocycles. The number of hydrogen-bond acceptors (Lipinski definition) is 12. The predicted molar refractivity (Wildman–Crippen MR) is 119 cm³/mol. The van der Waals surface area contributed by atoms with Crippen LogP contribution in [0.15, 0.2) is 23.2 Å². The number of hydrogen-bond donors (Lipinski definition) is 0. The van der Waals surface area contributed by atoms with Crippen LogP contribution < -0.4 is 9.47 Å². The largest absolute Gasteiger partial charge is 0.497 e. The lowest BCUT2D eigenvalue weighted by Gasteiger charge is -2.42. The van der Waals surface area contributed by atoms with E-state index in [2.05, 4.69) is 4.99 Å². The van der Waals surface area contributed by atoms with Gasteiger partial charge < -0.3 is 33.2 Å². The molecule has 192 valence electrons. The van der Waals surface area contributed by atoms with Crippen molar-refractivity contribution in [3.8, 4) is 11.5 Å². The van der Waals surface area contributed by atoms with Crippen LogP contribution in [0.25, 0.3) is 0 Å². The van der Waals surface area contributed by atoms with Crippen LogP contribution >= 0.6 is 0 Å². The minimum atomic E-state index is -1.36. The second-order valence-electron chi connectivity index (χ2n) is 7.48. The molecule has 0 saturated carbocycles. The Labute approximate surface area is 202 Å². The summed E-state index contributed by atoms with van der Waals surface area (Å²) >= 11 is 0. The molecule has 0 radical (unpaired) electrons. The van der Waals surface area contributed by atoms with Crippen LogP contribution in [-0.4, -0.2) is 81.6 Å². The third kappa shape index (κ3) is 7.95. The number of ether oxygens (including phenoxy) is 7. The van der Waals surface area contributed by atoms with Crippen LogP contribution in [0.5, 0.6) is 11.5 Å². The maximum absolute atomic E-state index is 12.0. The number of nitrogens with zero attached hydrogens (tertiary/aromatic N) is 1. The van der Waals surface area contributed by atoms with E-state index in [4.69, 9.17) is 33.2 Å². The lowest BCUT2D eigenvalue weighted by atomic mass is 9.96. The van der Waals surface area contributed by atoms with E-state index < -0.39 is 54.5 Å². The van der Waals surface area contributed by atoms with Crippen LogP contribution in [0.4, 0.5) is 0 Å². The molecular formula is C23H29NO11. The molecule has 1 aliphatic rings. The van der Waals surface area contributed by atoms with Crippen molar-refractivity contribution >= 4 is 30.1 Å². The first-order valence-electron chi connectivity index (χ1n) is 10.6. The molecule has 0 aromatic heterocycles. The number of aliphatic imine (C=N–C) groups is 1. The van der Waals surface area contributed by atoms with Crippen LogP contribution in [-0.2, 0) is 42.9 Å². The van der Waals surface area contributed by atoms with Crippen molar-refractivity contribution in [3.63, 3.8) is 0 Å². The maximum atomic E-state index is 12.0. The third-order valence-electron chi connectivity index (χ3n) is 4.78. The predicted octanol–water partition coefficient (Wildman–Crippen LogP) is 1.21. The van der Waals surface area contributed by atoms with Crippen molar-refractivity contribution in [2.45, 2.75) is 58.3 Å². The van der Waals surface area contributed by atoms with Gasteiger partial charge in [0.05, 0.1) is 14.2 Å². The van der Waals surface area contributed by atoms with Crippen molar-refractivity contribution in [1.82, 2.24) is 0 Å². The van der Waals surface area contributed by atoms with E-state index in [-0.39, 0.29) is 6.61 Å². The Kier molecular flexibility index (Phi) is 10.0. The Morgan fingerprint density at radius 1 is 0.886 bits per heavy atom. The quantitative estimate of drug-likeness (QED) is 0.277. The summed E-state index contributed by atoms with van der Waals surface area (Å²) in [7, 11) is 2.98. The van der Waals surface area contributed by atoms with Crippen molar-refractivity contribution in [3.05, 3.63) is 23.8 Å². The fourth-order valence-corrected chi connectivity index (χ4v) is 3.40. The lowest BCUT2D eigenvalue weighted by molar-refractivity contribution is -0.266. The van der Waals surface area contributed by atoms with Gasteiger partial charge in [-0.3, -0.25) is 24.2 Å². The first-order chi connectivity index (χ1) is 16.5. The van der Waals surface area contributed by atoms with Gasteiger partial charge in [0.15, 0.2) is 18.2 Å². The minimum Gasteiger partial charge on any atom is -0.497 e. The smallest absolute Gasteiger partial charge is 0.305 e. The van der Waals surface area contributed by atoms with Crippen molar-refractivity contribution in [2.75, 3.05) is 20.8 Å². The van der Waals surface area contributed by atoms with Crippen LogP contribution in [0.1, 0.15) is 33.3 Å². The number of carbonyl (C=O) groups excluding carboxylic acids is 4.